The number of benzene rings is 3. The molecule has 0 atom stereocenters. The number of aromatic nitrogens is 1. The Hall–Kier alpha value is -4.26. The lowest BCUT2D eigenvalue weighted by Crippen LogP contribution is -2.12. The highest BCUT2D eigenvalue weighted by Gasteiger charge is 2.34. The van der Waals surface area contributed by atoms with E-state index in [1.807, 2.05) is 0 Å². The van der Waals surface area contributed by atoms with Gasteiger partial charge in [0, 0.05) is 17.5 Å². The Balaban J connectivity index is 2.04. The van der Waals surface area contributed by atoms with Gasteiger partial charge >= 0.3 is 18.3 Å². The molecule has 0 aliphatic carbocycles. The van der Waals surface area contributed by atoms with E-state index in [9.17, 15) is 35.9 Å². The summed E-state index contributed by atoms with van der Waals surface area (Å²) >= 11 is 0. The van der Waals surface area contributed by atoms with E-state index < -0.39 is 47.7 Å². The number of hydrogen-bond acceptors (Lipinski definition) is 4. The van der Waals surface area contributed by atoms with Crippen LogP contribution in [0.3, 0.4) is 0 Å². The summed E-state index contributed by atoms with van der Waals surface area (Å²) in [5, 5.41) is 8.78. The van der Waals surface area contributed by atoms with Gasteiger partial charge in [-0.05, 0) is 42.0 Å². The lowest BCUT2D eigenvalue weighted by Gasteiger charge is -2.14. The lowest BCUT2D eigenvalue weighted by atomic mass is 10.0. The number of amides is 1. The number of carbonyl (C=O) groups is 2. The van der Waals surface area contributed by atoms with Crippen molar-refractivity contribution < 1.29 is 50.8 Å². The van der Waals surface area contributed by atoms with Gasteiger partial charge in [0.2, 0.25) is 5.91 Å². The summed E-state index contributed by atoms with van der Waals surface area (Å²) in [6, 6.07) is 9.74. The molecule has 37 heavy (non-hydrogen) atoms. The molecular formula is C24H16F6N2O5. The molecule has 0 aliphatic rings. The van der Waals surface area contributed by atoms with E-state index in [2.05, 4.69) is 4.89 Å². The predicted molar refractivity (Wildman–Crippen MR) is 118 cm³/mol. The SMILES string of the molecule is NC(=O)c1cccc2c1c1c(OOCC(=O)O)cc(C(F)(F)F)cc1n2Cc1cccc(C(F)(F)F)c1. The van der Waals surface area contributed by atoms with Gasteiger partial charge in [0.1, 0.15) is 0 Å². The number of nitrogens with zero attached hydrogens (tertiary/aromatic N) is 1. The minimum absolute atomic E-state index is 0.0552. The standard InChI is InChI=1S/C24H16F6N2O5/c25-23(26,27)13-4-1-3-12(7-13)10-32-16-6-2-5-15(22(31)35)20(16)21-17(32)8-14(24(28,29)30)9-18(21)37-36-11-19(33)34/h1-9H,10-11H2,(H2,31,35)(H,33,34). The smallest absolute Gasteiger partial charge is 0.416 e. The first kappa shape index (κ1) is 25.8. The van der Waals surface area contributed by atoms with Crippen LogP contribution in [0.5, 0.6) is 5.75 Å². The number of carboxylic acids is 1. The summed E-state index contributed by atoms with van der Waals surface area (Å²) in [6.45, 7) is -1.33. The summed E-state index contributed by atoms with van der Waals surface area (Å²) < 4.78 is 82.3. The zero-order valence-electron chi connectivity index (χ0n) is 18.5. The van der Waals surface area contributed by atoms with Crippen molar-refractivity contribution in [3.8, 4) is 5.75 Å². The van der Waals surface area contributed by atoms with Crippen LogP contribution in [0, 0.1) is 0 Å². The van der Waals surface area contributed by atoms with Crippen molar-refractivity contribution in [3.05, 3.63) is 76.9 Å². The average Bonchev–Trinajstić information content (AvgIpc) is 3.11. The molecule has 4 aromatic rings. The molecule has 0 unspecified atom stereocenters. The highest BCUT2D eigenvalue weighted by molar-refractivity contribution is 6.19. The van der Waals surface area contributed by atoms with Crippen molar-refractivity contribution in [2.75, 3.05) is 6.61 Å². The van der Waals surface area contributed by atoms with Crippen LogP contribution in [0.4, 0.5) is 26.3 Å². The largest absolute Gasteiger partial charge is 0.479 e. The van der Waals surface area contributed by atoms with E-state index >= 15 is 0 Å². The lowest BCUT2D eigenvalue weighted by molar-refractivity contribution is -0.213. The van der Waals surface area contributed by atoms with Gasteiger partial charge in [-0.25, -0.2) is 4.79 Å². The molecule has 0 spiro atoms. The zero-order valence-corrected chi connectivity index (χ0v) is 18.5. The highest BCUT2D eigenvalue weighted by atomic mass is 19.4. The van der Waals surface area contributed by atoms with Crippen LogP contribution in [0.1, 0.15) is 27.0 Å². The first-order valence-corrected chi connectivity index (χ1v) is 10.4. The minimum atomic E-state index is -4.89. The van der Waals surface area contributed by atoms with Gasteiger partial charge in [0.05, 0.1) is 27.5 Å². The predicted octanol–water partition coefficient (Wildman–Crippen LogP) is 5.37. The van der Waals surface area contributed by atoms with E-state index in [1.54, 1.807) is 0 Å². The van der Waals surface area contributed by atoms with Crippen LogP contribution in [-0.2, 0) is 28.6 Å². The number of nitrogens with two attached hydrogens (primary N) is 1. The fourth-order valence-electron chi connectivity index (χ4n) is 4.00. The van der Waals surface area contributed by atoms with E-state index in [0.29, 0.717) is 6.07 Å². The van der Waals surface area contributed by atoms with Crippen molar-refractivity contribution >= 4 is 33.7 Å². The number of carbonyl (C=O) groups excluding carboxylic acids is 1. The fourth-order valence-corrected chi connectivity index (χ4v) is 4.00. The third kappa shape index (κ3) is 5.16. The summed E-state index contributed by atoms with van der Waals surface area (Å²) in [7, 11) is 0. The molecule has 1 heterocycles. The van der Waals surface area contributed by atoms with Gasteiger partial charge in [-0.1, -0.05) is 18.2 Å². The first-order valence-electron chi connectivity index (χ1n) is 10.4. The molecule has 1 amide bonds. The molecular weight excluding hydrogens is 510 g/mol. The van der Waals surface area contributed by atoms with Crippen LogP contribution < -0.4 is 10.6 Å². The third-order valence-corrected chi connectivity index (χ3v) is 5.47. The summed E-state index contributed by atoms with van der Waals surface area (Å²) in [4.78, 5) is 32.5. The van der Waals surface area contributed by atoms with Gasteiger partial charge in [0.15, 0.2) is 12.4 Å². The van der Waals surface area contributed by atoms with Crippen LogP contribution in [0.25, 0.3) is 21.8 Å². The van der Waals surface area contributed by atoms with Gasteiger partial charge < -0.3 is 20.3 Å². The Bertz CT molecular complexity index is 1520. The second-order valence-corrected chi connectivity index (χ2v) is 7.95. The Kier molecular flexibility index (Phi) is 6.50. The summed E-state index contributed by atoms with van der Waals surface area (Å²) in [5.41, 5.74) is 3.35. The van der Waals surface area contributed by atoms with Crippen LogP contribution in [-0.4, -0.2) is 28.2 Å². The van der Waals surface area contributed by atoms with Crippen molar-refractivity contribution in [2.24, 2.45) is 5.73 Å². The Morgan fingerprint density at radius 1 is 0.865 bits per heavy atom. The van der Waals surface area contributed by atoms with Gasteiger partial charge in [0.25, 0.3) is 0 Å². The summed E-state index contributed by atoms with van der Waals surface area (Å²) in [5.74, 6) is -2.96. The van der Waals surface area contributed by atoms with Crippen molar-refractivity contribution in [1.82, 2.24) is 4.57 Å². The maximum absolute atomic E-state index is 13.8. The molecule has 0 saturated heterocycles. The molecule has 7 nitrogen and oxygen atoms in total. The molecule has 0 aliphatic heterocycles. The fraction of sp³-hybridized carbons (Fsp3) is 0.167. The highest BCUT2D eigenvalue weighted by Crippen LogP contribution is 2.42. The second-order valence-electron chi connectivity index (χ2n) is 7.95. The van der Waals surface area contributed by atoms with Crippen molar-refractivity contribution in [1.29, 1.82) is 0 Å². The van der Waals surface area contributed by atoms with Crippen molar-refractivity contribution in [3.63, 3.8) is 0 Å². The maximum atomic E-state index is 13.8. The number of halogens is 6. The Labute approximate surface area is 203 Å². The topological polar surface area (TPSA) is 104 Å². The molecule has 4 rings (SSSR count). The molecule has 0 radical (unpaired) electrons. The zero-order chi connectivity index (χ0) is 27.1. The first-order chi connectivity index (χ1) is 17.3. The number of alkyl halides is 6. The summed E-state index contributed by atoms with van der Waals surface area (Å²) in [6.07, 6.45) is -9.54. The van der Waals surface area contributed by atoms with E-state index in [0.717, 1.165) is 24.3 Å². The second kappa shape index (κ2) is 9.32. The normalized spacial score (nSPS) is 12.3. The van der Waals surface area contributed by atoms with Gasteiger partial charge in [-0.2, -0.15) is 31.2 Å². The van der Waals surface area contributed by atoms with E-state index in [4.69, 9.17) is 15.7 Å². The maximum Gasteiger partial charge on any atom is 0.416 e. The van der Waals surface area contributed by atoms with Crippen molar-refractivity contribution in [2.45, 2.75) is 18.9 Å². The number of rotatable bonds is 7. The van der Waals surface area contributed by atoms with Crippen LogP contribution in [0.2, 0.25) is 0 Å². The molecule has 194 valence electrons. The molecule has 1 aromatic heterocycles. The molecule has 0 saturated carbocycles. The van der Waals surface area contributed by atoms with E-state index in [1.165, 1.54) is 28.8 Å². The molecule has 3 N–H and O–H groups in total. The number of aliphatic carboxylic acids is 1. The molecule has 13 heteroatoms. The van der Waals surface area contributed by atoms with Crippen LogP contribution >= 0.6 is 0 Å². The van der Waals surface area contributed by atoms with E-state index in [-0.39, 0.29) is 39.5 Å². The molecule has 0 bridgehead atoms. The van der Waals surface area contributed by atoms with Crippen LogP contribution in [0.15, 0.2) is 54.6 Å². The Morgan fingerprint density at radius 3 is 2.16 bits per heavy atom. The minimum Gasteiger partial charge on any atom is -0.479 e. The molecule has 3 aromatic carbocycles. The molecule has 0 fully saturated rings. The number of fused-ring (bicyclic) bond motifs is 3. The number of primary amides is 1. The monoisotopic (exact) mass is 526 g/mol. The third-order valence-electron chi connectivity index (χ3n) is 5.47. The number of carboxylic acid groups (broad SMARTS) is 1. The van der Waals surface area contributed by atoms with Gasteiger partial charge in [-0.15, -0.1) is 0 Å². The van der Waals surface area contributed by atoms with Gasteiger partial charge in [-0.3, -0.25) is 4.79 Å². The number of hydrogen-bond donors (Lipinski definition) is 2. The quantitative estimate of drug-likeness (QED) is 0.191. The average molecular weight is 526 g/mol. The Morgan fingerprint density at radius 2 is 1.54 bits per heavy atom.